The van der Waals surface area contributed by atoms with Crippen molar-refractivity contribution in [3.63, 3.8) is 0 Å². The molecule has 0 aliphatic heterocycles. The van der Waals surface area contributed by atoms with Crippen LogP contribution in [0.2, 0.25) is 5.02 Å². The minimum absolute atomic E-state index is 0.105. The van der Waals surface area contributed by atoms with Crippen LogP contribution in [0, 0.1) is 5.92 Å². The predicted octanol–water partition coefficient (Wildman–Crippen LogP) is 3.04. The zero-order chi connectivity index (χ0) is 12.0. The molecule has 2 nitrogen and oxygen atoms in total. The number of halogens is 1. The van der Waals surface area contributed by atoms with Gasteiger partial charge in [0.05, 0.1) is 0 Å². The van der Waals surface area contributed by atoms with Gasteiger partial charge < -0.3 is 5.32 Å². The summed E-state index contributed by atoms with van der Waals surface area (Å²) in [6.07, 6.45) is 1.26. The second-order valence-electron chi connectivity index (χ2n) is 4.33. The van der Waals surface area contributed by atoms with E-state index < -0.39 is 0 Å². The number of amides is 1. The molecule has 16 heavy (non-hydrogen) atoms. The lowest BCUT2D eigenvalue weighted by molar-refractivity contribution is -0.121. The molecule has 0 heterocycles. The minimum Gasteiger partial charge on any atom is -0.356 e. The Labute approximate surface area is 102 Å². The molecule has 0 atom stereocenters. The largest absolute Gasteiger partial charge is 0.356 e. The van der Waals surface area contributed by atoms with Crippen molar-refractivity contribution in [2.45, 2.75) is 26.7 Å². The van der Waals surface area contributed by atoms with Gasteiger partial charge >= 0.3 is 0 Å². The molecule has 0 aliphatic rings. The first kappa shape index (κ1) is 13.0. The van der Waals surface area contributed by atoms with E-state index in [1.165, 1.54) is 0 Å². The molecule has 0 aliphatic carbocycles. The minimum atomic E-state index is 0.105. The molecule has 0 aromatic heterocycles. The Morgan fingerprint density at radius 3 is 2.81 bits per heavy atom. The second kappa shape index (κ2) is 6.54. The summed E-state index contributed by atoms with van der Waals surface area (Å²) < 4.78 is 0. The van der Waals surface area contributed by atoms with E-state index in [-0.39, 0.29) is 5.91 Å². The van der Waals surface area contributed by atoms with Crippen molar-refractivity contribution in [1.29, 1.82) is 0 Å². The molecule has 1 rings (SSSR count). The summed E-state index contributed by atoms with van der Waals surface area (Å²) in [6.45, 7) is 4.91. The summed E-state index contributed by atoms with van der Waals surface area (Å²) in [5.74, 6) is 0.601. The number of hydrogen-bond donors (Lipinski definition) is 1. The normalized spacial score (nSPS) is 10.5. The Balaban J connectivity index is 2.31. The van der Waals surface area contributed by atoms with Gasteiger partial charge in [-0.1, -0.05) is 37.6 Å². The van der Waals surface area contributed by atoms with Crippen LogP contribution in [0.1, 0.15) is 25.8 Å². The van der Waals surface area contributed by atoms with Crippen LogP contribution >= 0.6 is 11.6 Å². The smallest absolute Gasteiger partial charge is 0.220 e. The molecule has 1 N–H and O–H groups in total. The summed E-state index contributed by atoms with van der Waals surface area (Å²) in [5.41, 5.74) is 1.10. The zero-order valence-electron chi connectivity index (χ0n) is 9.79. The van der Waals surface area contributed by atoms with Crippen molar-refractivity contribution in [3.05, 3.63) is 34.9 Å². The molecule has 1 aromatic rings. The van der Waals surface area contributed by atoms with Gasteiger partial charge in [-0.15, -0.1) is 0 Å². The highest BCUT2D eigenvalue weighted by Crippen LogP contribution is 2.11. The van der Waals surface area contributed by atoms with E-state index in [1.807, 2.05) is 24.3 Å². The maximum absolute atomic E-state index is 11.5. The van der Waals surface area contributed by atoms with Crippen LogP contribution in [0.25, 0.3) is 0 Å². The second-order valence-corrected chi connectivity index (χ2v) is 4.76. The van der Waals surface area contributed by atoms with Gasteiger partial charge in [0.2, 0.25) is 5.91 Å². The molecule has 3 heteroatoms. The van der Waals surface area contributed by atoms with Gasteiger partial charge in [0.1, 0.15) is 0 Å². The number of carbonyl (C=O) groups excluding carboxylic acids is 1. The highest BCUT2D eigenvalue weighted by atomic mass is 35.5. The van der Waals surface area contributed by atoms with Crippen LogP contribution in [0.15, 0.2) is 24.3 Å². The summed E-state index contributed by atoms with van der Waals surface area (Å²) in [6, 6.07) is 7.63. The first-order valence-corrected chi connectivity index (χ1v) is 5.97. The topological polar surface area (TPSA) is 29.1 Å². The van der Waals surface area contributed by atoms with Crippen LogP contribution in [-0.2, 0) is 11.2 Å². The lowest BCUT2D eigenvalue weighted by Gasteiger charge is -2.07. The van der Waals surface area contributed by atoms with Crippen LogP contribution in [0.4, 0.5) is 0 Å². The van der Waals surface area contributed by atoms with Gasteiger partial charge in [0, 0.05) is 18.0 Å². The fourth-order valence-electron chi connectivity index (χ4n) is 1.36. The molecule has 0 radical (unpaired) electrons. The van der Waals surface area contributed by atoms with E-state index in [1.54, 1.807) is 0 Å². The van der Waals surface area contributed by atoms with Crippen molar-refractivity contribution in [2.75, 3.05) is 6.54 Å². The third kappa shape index (κ3) is 5.17. The molecular formula is C13H18ClNO. The number of hydrogen-bond acceptors (Lipinski definition) is 1. The maximum atomic E-state index is 11.5. The molecule has 1 amide bonds. The summed E-state index contributed by atoms with van der Waals surface area (Å²) in [7, 11) is 0. The van der Waals surface area contributed by atoms with E-state index in [0.29, 0.717) is 12.3 Å². The van der Waals surface area contributed by atoms with E-state index in [4.69, 9.17) is 11.6 Å². The average molecular weight is 240 g/mol. The van der Waals surface area contributed by atoms with Crippen molar-refractivity contribution < 1.29 is 4.79 Å². The fraction of sp³-hybridized carbons (Fsp3) is 0.462. The molecule has 0 saturated heterocycles. The van der Waals surface area contributed by atoms with Gasteiger partial charge in [0.25, 0.3) is 0 Å². The lowest BCUT2D eigenvalue weighted by Crippen LogP contribution is -2.27. The van der Waals surface area contributed by atoms with E-state index >= 15 is 0 Å². The van der Waals surface area contributed by atoms with Crippen LogP contribution in [0.3, 0.4) is 0 Å². The van der Waals surface area contributed by atoms with Crippen molar-refractivity contribution in [3.8, 4) is 0 Å². The quantitative estimate of drug-likeness (QED) is 0.841. The van der Waals surface area contributed by atoms with Gasteiger partial charge in [-0.2, -0.15) is 0 Å². The molecule has 0 fully saturated rings. The highest BCUT2D eigenvalue weighted by molar-refractivity contribution is 6.30. The maximum Gasteiger partial charge on any atom is 0.220 e. The van der Waals surface area contributed by atoms with Gasteiger partial charge in [-0.25, -0.2) is 0 Å². The Bertz CT molecular complexity index is 350. The first-order chi connectivity index (χ1) is 7.58. The van der Waals surface area contributed by atoms with Gasteiger partial charge in [0.15, 0.2) is 0 Å². The lowest BCUT2D eigenvalue weighted by atomic mass is 10.1. The number of carbonyl (C=O) groups is 1. The molecule has 0 saturated carbocycles. The van der Waals surface area contributed by atoms with Crippen molar-refractivity contribution in [2.24, 2.45) is 5.92 Å². The monoisotopic (exact) mass is 239 g/mol. The van der Waals surface area contributed by atoms with E-state index in [9.17, 15) is 4.79 Å². The third-order valence-electron chi connectivity index (χ3n) is 2.24. The molecular weight excluding hydrogens is 222 g/mol. The summed E-state index contributed by atoms with van der Waals surface area (Å²) in [4.78, 5) is 11.5. The molecule has 0 unspecified atom stereocenters. The van der Waals surface area contributed by atoms with Crippen LogP contribution in [0.5, 0.6) is 0 Å². The van der Waals surface area contributed by atoms with E-state index in [0.717, 1.165) is 23.6 Å². The Hall–Kier alpha value is -1.02. The zero-order valence-corrected chi connectivity index (χ0v) is 10.6. The van der Waals surface area contributed by atoms with Crippen molar-refractivity contribution in [1.82, 2.24) is 5.32 Å². The third-order valence-corrected chi connectivity index (χ3v) is 2.47. The number of aryl methyl sites for hydroxylation is 1. The van der Waals surface area contributed by atoms with Gasteiger partial charge in [-0.05, 0) is 30.0 Å². The number of nitrogens with one attached hydrogen (secondary N) is 1. The molecule has 88 valence electrons. The SMILES string of the molecule is CC(C)CNC(=O)CCc1cccc(Cl)c1. The predicted molar refractivity (Wildman–Crippen MR) is 67.6 cm³/mol. The summed E-state index contributed by atoms with van der Waals surface area (Å²) >= 11 is 5.86. The summed E-state index contributed by atoms with van der Waals surface area (Å²) in [5, 5.41) is 3.62. The average Bonchev–Trinajstić information content (AvgIpc) is 2.23. The standard InChI is InChI=1S/C13H18ClNO/c1-10(2)9-15-13(16)7-6-11-4-3-5-12(14)8-11/h3-5,8,10H,6-7,9H2,1-2H3,(H,15,16). The Morgan fingerprint density at radius 1 is 1.44 bits per heavy atom. The molecule has 1 aromatic carbocycles. The van der Waals surface area contributed by atoms with Crippen LogP contribution < -0.4 is 5.32 Å². The van der Waals surface area contributed by atoms with Crippen molar-refractivity contribution >= 4 is 17.5 Å². The van der Waals surface area contributed by atoms with E-state index in [2.05, 4.69) is 19.2 Å². The Kier molecular flexibility index (Phi) is 5.33. The van der Waals surface area contributed by atoms with Crippen LogP contribution in [-0.4, -0.2) is 12.5 Å². The number of rotatable bonds is 5. The number of benzene rings is 1. The molecule has 0 spiro atoms. The highest BCUT2D eigenvalue weighted by Gasteiger charge is 2.03. The molecule has 0 bridgehead atoms. The Morgan fingerprint density at radius 2 is 2.19 bits per heavy atom. The first-order valence-electron chi connectivity index (χ1n) is 5.59. The fourth-order valence-corrected chi connectivity index (χ4v) is 1.57. The van der Waals surface area contributed by atoms with Gasteiger partial charge in [-0.3, -0.25) is 4.79 Å².